The van der Waals surface area contributed by atoms with Crippen LogP contribution in [0, 0.1) is 5.92 Å². The van der Waals surface area contributed by atoms with E-state index in [1.807, 2.05) is 0 Å². The van der Waals surface area contributed by atoms with Crippen LogP contribution in [0.3, 0.4) is 0 Å². The highest BCUT2D eigenvalue weighted by Gasteiger charge is 2.34. The number of alkyl halides is 2. The number of rotatable bonds is 5. The second-order valence-electron chi connectivity index (χ2n) is 6.09. The first-order chi connectivity index (χ1) is 11.4. The molecule has 1 fully saturated rings. The largest absolute Gasteiger partial charge is 0.497 e. The highest BCUT2D eigenvalue weighted by atomic mass is 127. The summed E-state index contributed by atoms with van der Waals surface area (Å²) in [7, 11) is 3.11. The Kier molecular flexibility index (Phi) is 8.67. The van der Waals surface area contributed by atoms with E-state index in [4.69, 9.17) is 15.2 Å². The zero-order valence-electron chi connectivity index (χ0n) is 14.6. The topological polar surface area (TPSA) is 68.9 Å². The predicted molar refractivity (Wildman–Crippen MR) is 107 cm³/mol. The van der Waals surface area contributed by atoms with Gasteiger partial charge in [0.05, 0.1) is 19.9 Å². The lowest BCUT2D eigenvalue weighted by Gasteiger charge is -2.18. The van der Waals surface area contributed by atoms with Crippen molar-refractivity contribution in [2.24, 2.45) is 16.6 Å². The van der Waals surface area contributed by atoms with E-state index in [0.717, 1.165) is 12.8 Å². The van der Waals surface area contributed by atoms with Crippen molar-refractivity contribution in [2.45, 2.75) is 38.0 Å². The molecule has 1 aromatic carbocycles. The molecule has 3 N–H and O–H groups in total. The van der Waals surface area contributed by atoms with E-state index < -0.39 is 5.92 Å². The number of hydrogen-bond acceptors (Lipinski definition) is 3. The standard InChI is InChI=1S/C17H25F2N3O2.HI/c1-23-13-6-7-15(24-2)14(9-13)22-16(20)21-11-12-5-3-4-8-17(18,19)10-12;/h6-7,9,12H,3-5,8,10-11H2,1-2H3,(H3,20,21,22);1H. The predicted octanol–water partition coefficient (Wildman–Crippen LogP) is 4.26. The van der Waals surface area contributed by atoms with Crippen molar-refractivity contribution in [1.29, 1.82) is 0 Å². The fourth-order valence-corrected chi connectivity index (χ4v) is 2.92. The molecule has 1 aromatic rings. The molecule has 0 spiro atoms. The number of nitrogens with two attached hydrogens (primary N) is 1. The Balaban J connectivity index is 0.00000312. The third kappa shape index (κ3) is 6.83. The fraction of sp³-hybridized carbons (Fsp3) is 0.588. The van der Waals surface area contributed by atoms with Crippen molar-refractivity contribution in [3.8, 4) is 11.5 Å². The number of nitrogens with zero attached hydrogens (tertiary/aromatic N) is 1. The summed E-state index contributed by atoms with van der Waals surface area (Å²) >= 11 is 0. The van der Waals surface area contributed by atoms with Crippen molar-refractivity contribution < 1.29 is 18.3 Å². The summed E-state index contributed by atoms with van der Waals surface area (Å²) in [5.41, 5.74) is 6.51. The molecule has 5 nitrogen and oxygen atoms in total. The summed E-state index contributed by atoms with van der Waals surface area (Å²) < 4.78 is 37.7. The van der Waals surface area contributed by atoms with Crippen molar-refractivity contribution in [3.05, 3.63) is 18.2 Å². The van der Waals surface area contributed by atoms with Crippen LogP contribution in [0.5, 0.6) is 11.5 Å². The summed E-state index contributed by atoms with van der Waals surface area (Å²) in [6, 6.07) is 5.26. The first-order valence-electron chi connectivity index (χ1n) is 8.10. The molecule has 0 radical (unpaired) electrons. The average molecular weight is 469 g/mol. The molecule has 0 amide bonds. The summed E-state index contributed by atoms with van der Waals surface area (Å²) in [5, 5.41) is 2.95. The summed E-state index contributed by atoms with van der Waals surface area (Å²) in [5.74, 6) is -1.32. The van der Waals surface area contributed by atoms with Gasteiger partial charge in [0.1, 0.15) is 11.5 Å². The number of halogens is 3. The molecule has 25 heavy (non-hydrogen) atoms. The SMILES string of the molecule is COc1ccc(OC)c(NC(N)=NCC2CCCCC(F)(F)C2)c1.I. The average Bonchev–Trinajstić information content (AvgIpc) is 2.73. The maximum absolute atomic E-state index is 13.6. The van der Waals surface area contributed by atoms with Gasteiger partial charge in [0.25, 0.3) is 0 Å². The van der Waals surface area contributed by atoms with Gasteiger partial charge in [0, 0.05) is 25.5 Å². The molecule has 1 atom stereocenters. The van der Waals surface area contributed by atoms with Gasteiger partial charge in [-0.1, -0.05) is 6.42 Å². The smallest absolute Gasteiger partial charge is 0.248 e. The number of ether oxygens (including phenoxy) is 2. The minimum absolute atomic E-state index is 0. The molecule has 0 saturated heterocycles. The third-order valence-electron chi connectivity index (χ3n) is 4.18. The van der Waals surface area contributed by atoms with E-state index in [2.05, 4.69) is 10.3 Å². The molecule has 2 rings (SSSR count). The van der Waals surface area contributed by atoms with Crippen LogP contribution < -0.4 is 20.5 Å². The number of guanidine groups is 1. The lowest BCUT2D eigenvalue weighted by molar-refractivity contribution is -0.0241. The Morgan fingerprint density at radius 1 is 1.32 bits per heavy atom. The van der Waals surface area contributed by atoms with Crippen LogP contribution in [-0.2, 0) is 0 Å². The minimum Gasteiger partial charge on any atom is -0.497 e. The molecule has 1 unspecified atom stereocenters. The number of aliphatic imine (C=N–C) groups is 1. The molecular formula is C17H26F2IN3O2. The van der Waals surface area contributed by atoms with Gasteiger partial charge in [-0.3, -0.25) is 4.99 Å². The maximum Gasteiger partial charge on any atom is 0.248 e. The molecule has 142 valence electrons. The molecule has 8 heteroatoms. The van der Waals surface area contributed by atoms with Crippen molar-refractivity contribution in [1.82, 2.24) is 0 Å². The number of nitrogens with one attached hydrogen (secondary N) is 1. The van der Waals surface area contributed by atoms with E-state index in [0.29, 0.717) is 30.2 Å². The minimum atomic E-state index is -2.59. The van der Waals surface area contributed by atoms with Gasteiger partial charge < -0.3 is 20.5 Å². The van der Waals surface area contributed by atoms with Crippen LogP contribution in [0.15, 0.2) is 23.2 Å². The lowest BCUT2D eigenvalue weighted by atomic mass is 9.99. The van der Waals surface area contributed by atoms with Gasteiger partial charge in [-0.05, 0) is 30.9 Å². The molecule has 1 saturated carbocycles. The number of anilines is 1. The van der Waals surface area contributed by atoms with Crippen molar-refractivity contribution in [2.75, 3.05) is 26.1 Å². The van der Waals surface area contributed by atoms with E-state index in [1.54, 1.807) is 32.4 Å². The van der Waals surface area contributed by atoms with Gasteiger partial charge in [-0.25, -0.2) is 8.78 Å². The summed E-state index contributed by atoms with van der Waals surface area (Å²) in [4.78, 5) is 4.23. The van der Waals surface area contributed by atoms with E-state index in [9.17, 15) is 8.78 Å². The Morgan fingerprint density at radius 2 is 2.08 bits per heavy atom. The zero-order valence-corrected chi connectivity index (χ0v) is 16.9. The normalized spacial score (nSPS) is 20.2. The first-order valence-corrected chi connectivity index (χ1v) is 8.10. The number of methoxy groups -OCH3 is 2. The molecule has 0 aliphatic heterocycles. The quantitative estimate of drug-likeness (QED) is 0.293. The lowest BCUT2D eigenvalue weighted by Crippen LogP contribution is -2.25. The summed E-state index contributed by atoms with van der Waals surface area (Å²) in [6.07, 6.45) is 2.00. The third-order valence-corrected chi connectivity index (χ3v) is 4.18. The van der Waals surface area contributed by atoms with Gasteiger partial charge in [-0.15, -0.1) is 24.0 Å². The molecule has 0 heterocycles. The van der Waals surface area contributed by atoms with Gasteiger partial charge >= 0.3 is 0 Å². The van der Waals surface area contributed by atoms with Crippen LogP contribution >= 0.6 is 24.0 Å². The fourth-order valence-electron chi connectivity index (χ4n) is 2.92. The van der Waals surface area contributed by atoms with Gasteiger partial charge in [0.2, 0.25) is 5.92 Å². The van der Waals surface area contributed by atoms with E-state index >= 15 is 0 Å². The van der Waals surface area contributed by atoms with Crippen LogP contribution in [0.25, 0.3) is 0 Å². The molecule has 1 aliphatic rings. The summed E-state index contributed by atoms with van der Waals surface area (Å²) in [6.45, 7) is 0.292. The second-order valence-corrected chi connectivity index (χ2v) is 6.09. The van der Waals surface area contributed by atoms with Gasteiger partial charge in [-0.2, -0.15) is 0 Å². The van der Waals surface area contributed by atoms with Crippen LogP contribution in [0.4, 0.5) is 14.5 Å². The Morgan fingerprint density at radius 3 is 2.76 bits per heavy atom. The molecule has 0 aromatic heterocycles. The highest BCUT2D eigenvalue weighted by Crippen LogP contribution is 2.35. The number of benzene rings is 1. The maximum atomic E-state index is 13.6. The van der Waals surface area contributed by atoms with Gasteiger partial charge in [0.15, 0.2) is 5.96 Å². The first kappa shape index (κ1) is 21.7. The monoisotopic (exact) mass is 469 g/mol. The number of hydrogen-bond donors (Lipinski definition) is 2. The molecule has 1 aliphatic carbocycles. The Labute approximate surface area is 164 Å². The molecular weight excluding hydrogens is 443 g/mol. The van der Waals surface area contributed by atoms with Crippen LogP contribution in [0.1, 0.15) is 32.1 Å². The van der Waals surface area contributed by atoms with Crippen LogP contribution in [-0.4, -0.2) is 32.6 Å². The molecule has 0 bridgehead atoms. The van der Waals surface area contributed by atoms with Crippen LogP contribution in [0.2, 0.25) is 0 Å². The zero-order chi connectivity index (χ0) is 17.6. The Bertz CT molecular complexity index is 585. The highest BCUT2D eigenvalue weighted by molar-refractivity contribution is 14.0. The Hall–Kier alpha value is -1.32. The van der Waals surface area contributed by atoms with E-state index in [-0.39, 0.29) is 48.7 Å². The van der Waals surface area contributed by atoms with E-state index in [1.165, 1.54) is 0 Å². The van der Waals surface area contributed by atoms with Crippen molar-refractivity contribution in [3.63, 3.8) is 0 Å². The van der Waals surface area contributed by atoms with Crippen molar-refractivity contribution >= 4 is 35.6 Å². The second kappa shape index (κ2) is 9.98.